The van der Waals surface area contributed by atoms with Crippen LogP contribution in [-0.2, 0) is 6.42 Å². The molecule has 21 heavy (non-hydrogen) atoms. The first-order chi connectivity index (χ1) is 10.2. The van der Waals surface area contributed by atoms with Gasteiger partial charge in [-0.25, -0.2) is 0 Å². The Labute approximate surface area is 129 Å². The van der Waals surface area contributed by atoms with Crippen molar-refractivity contribution in [2.75, 3.05) is 14.2 Å². The van der Waals surface area contributed by atoms with Crippen LogP contribution in [-0.4, -0.2) is 14.2 Å². The second-order valence-electron chi connectivity index (χ2n) is 4.60. The standard InChI is InChI=1S/C16H19ClN2O2/c1-20-15-9-5-7-12(16(15)21-2)14(19-18)10-11-6-3-4-8-13(11)17/h3-9,14,19H,10,18H2,1-2H3. The summed E-state index contributed by atoms with van der Waals surface area (Å²) in [6.07, 6.45) is 0.652. The molecule has 0 saturated carbocycles. The quantitative estimate of drug-likeness (QED) is 0.636. The third-order valence-corrected chi connectivity index (χ3v) is 3.76. The highest BCUT2D eigenvalue weighted by atomic mass is 35.5. The molecule has 1 unspecified atom stereocenters. The maximum Gasteiger partial charge on any atom is 0.165 e. The summed E-state index contributed by atoms with van der Waals surface area (Å²) >= 11 is 6.22. The van der Waals surface area contributed by atoms with E-state index in [2.05, 4.69) is 5.43 Å². The average Bonchev–Trinajstić information content (AvgIpc) is 2.53. The van der Waals surface area contributed by atoms with Crippen LogP contribution in [0.25, 0.3) is 0 Å². The molecule has 2 aromatic rings. The van der Waals surface area contributed by atoms with Crippen LogP contribution in [0.1, 0.15) is 17.2 Å². The van der Waals surface area contributed by atoms with E-state index in [0.717, 1.165) is 16.1 Å². The number of ether oxygens (including phenoxy) is 2. The van der Waals surface area contributed by atoms with Gasteiger partial charge in [-0.2, -0.15) is 0 Å². The lowest BCUT2D eigenvalue weighted by molar-refractivity contribution is 0.346. The smallest absolute Gasteiger partial charge is 0.165 e. The predicted octanol–water partition coefficient (Wildman–Crippen LogP) is 3.10. The number of hydrogen-bond acceptors (Lipinski definition) is 4. The van der Waals surface area contributed by atoms with E-state index in [1.165, 1.54) is 0 Å². The number of nitrogens with two attached hydrogens (primary N) is 1. The van der Waals surface area contributed by atoms with Gasteiger partial charge < -0.3 is 9.47 Å². The van der Waals surface area contributed by atoms with E-state index in [4.69, 9.17) is 26.9 Å². The van der Waals surface area contributed by atoms with Crippen LogP contribution in [0.3, 0.4) is 0 Å². The zero-order valence-corrected chi connectivity index (χ0v) is 12.9. The van der Waals surface area contributed by atoms with E-state index in [-0.39, 0.29) is 6.04 Å². The largest absolute Gasteiger partial charge is 0.493 e. The van der Waals surface area contributed by atoms with Crippen molar-refractivity contribution < 1.29 is 9.47 Å². The fourth-order valence-corrected chi connectivity index (χ4v) is 2.54. The fourth-order valence-electron chi connectivity index (χ4n) is 2.33. The maximum absolute atomic E-state index is 6.22. The van der Waals surface area contributed by atoms with Gasteiger partial charge in [-0.1, -0.05) is 41.9 Å². The number of nitrogens with one attached hydrogen (secondary N) is 1. The molecule has 0 aliphatic rings. The van der Waals surface area contributed by atoms with Crippen molar-refractivity contribution in [2.45, 2.75) is 12.5 Å². The first kappa shape index (κ1) is 15.6. The molecule has 5 heteroatoms. The predicted molar refractivity (Wildman–Crippen MR) is 84.8 cm³/mol. The summed E-state index contributed by atoms with van der Waals surface area (Å²) in [5, 5.41) is 0.722. The summed E-state index contributed by atoms with van der Waals surface area (Å²) in [4.78, 5) is 0. The molecule has 0 heterocycles. The summed E-state index contributed by atoms with van der Waals surface area (Å²) < 4.78 is 10.8. The Hall–Kier alpha value is -1.75. The van der Waals surface area contributed by atoms with Crippen molar-refractivity contribution in [1.29, 1.82) is 0 Å². The Bertz CT molecular complexity index is 605. The van der Waals surface area contributed by atoms with Crippen LogP contribution in [0.15, 0.2) is 42.5 Å². The molecule has 3 N–H and O–H groups in total. The molecule has 0 fully saturated rings. The van der Waals surface area contributed by atoms with Crippen LogP contribution < -0.4 is 20.7 Å². The first-order valence-corrected chi connectivity index (χ1v) is 6.99. The highest BCUT2D eigenvalue weighted by molar-refractivity contribution is 6.31. The van der Waals surface area contributed by atoms with E-state index >= 15 is 0 Å². The van der Waals surface area contributed by atoms with E-state index in [9.17, 15) is 0 Å². The van der Waals surface area contributed by atoms with Crippen molar-refractivity contribution in [3.05, 3.63) is 58.6 Å². The molecule has 2 aromatic carbocycles. The molecule has 0 aliphatic carbocycles. The summed E-state index contributed by atoms with van der Waals surface area (Å²) in [6, 6.07) is 13.3. The zero-order chi connectivity index (χ0) is 15.2. The molecule has 0 aromatic heterocycles. The monoisotopic (exact) mass is 306 g/mol. The fraction of sp³-hybridized carbons (Fsp3) is 0.250. The third-order valence-electron chi connectivity index (χ3n) is 3.39. The summed E-state index contributed by atoms with van der Waals surface area (Å²) in [6.45, 7) is 0. The molecule has 0 saturated heterocycles. The molecular weight excluding hydrogens is 288 g/mol. The molecule has 0 aliphatic heterocycles. The maximum atomic E-state index is 6.22. The van der Waals surface area contributed by atoms with Crippen molar-refractivity contribution in [1.82, 2.24) is 5.43 Å². The van der Waals surface area contributed by atoms with Gasteiger partial charge in [0, 0.05) is 10.6 Å². The number of methoxy groups -OCH3 is 2. The number of halogens is 1. The molecule has 0 amide bonds. The van der Waals surface area contributed by atoms with Gasteiger partial charge in [0.2, 0.25) is 0 Å². The Morgan fingerprint density at radius 1 is 1.10 bits per heavy atom. The molecular formula is C16H19ClN2O2. The van der Waals surface area contributed by atoms with Gasteiger partial charge in [0.25, 0.3) is 0 Å². The van der Waals surface area contributed by atoms with Gasteiger partial charge in [0.15, 0.2) is 11.5 Å². The average molecular weight is 307 g/mol. The second kappa shape index (κ2) is 7.31. The SMILES string of the molecule is COc1cccc(C(Cc2ccccc2Cl)NN)c1OC. The lowest BCUT2D eigenvalue weighted by Crippen LogP contribution is -2.30. The third kappa shape index (κ3) is 3.47. The Morgan fingerprint density at radius 2 is 1.86 bits per heavy atom. The van der Waals surface area contributed by atoms with Gasteiger partial charge in [-0.3, -0.25) is 11.3 Å². The van der Waals surface area contributed by atoms with Crippen molar-refractivity contribution in [2.24, 2.45) is 5.84 Å². The normalized spacial score (nSPS) is 12.0. The molecule has 1 atom stereocenters. The lowest BCUT2D eigenvalue weighted by Gasteiger charge is -2.21. The van der Waals surface area contributed by atoms with E-state index in [1.54, 1.807) is 14.2 Å². The summed E-state index contributed by atoms with van der Waals surface area (Å²) in [7, 11) is 3.23. The van der Waals surface area contributed by atoms with Crippen LogP contribution in [0.5, 0.6) is 11.5 Å². The minimum Gasteiger partial charge on any atom is -0.493 e. The van der Waals surface area contributed by atoms with Gasteiger partial charge in [-0.15, -0.1) is 0 Å². The number of para-hydroxylation sites is 1. The van der Waals surface area contributed by atoms with E-state index in [1.807, 2.05) is 42.5 Å². The van der Waals surface area contributed by atoms with Gasteiger partial charge in [0.05, 0.1) is 20.3 Å². The first-order valence-electron chi connectivity index (χ1n) is 6.61. The zero-order valence-electron chi connectivity index (χ0n) is 12.1. The molecule has 112 valence electrons. The van der Waals surface area contributed by atoms with Gasteiger partial charge >= 0.3 is 0 Å². The van der Waals surface area contributed by atoms with E-state index in [0.29, 0.717) is 17.9 Å². The number of rotatable bonds is 6. The number of benzene rings is 2. The van der Waals surface area contributed by atoms with Gasteiger partial charge in [-0.05, 0) is 24.1 Å². The van der Waals surface area contributed by atoms with Crippen LogP contribution in [0, 0.1) is 0 Å². The van der Waals surface area contributed by atoms with Crippen LogP contribution in [0.4, 0.5) is 0 Å². The summed E-state index contributed by atoms with van der Waals surface area (Å²) in [5.41, 5.74) is 4.78. The van der Waals surface area contributed by atoms with Crippen molar-refractivity contribution in [3.8, 4) is 11.5 Å². The van der Waals surface area contributed by atoms with E-state index < -0.39 is 0 Å². The molecule has 0 radical (unpaired) electrons. The summed E-state index contributed by atoms with van der Waals surface area (Å²) in [5.74, 6) is 7.08. The number of hydrogen-bond donors (Lipinski definition) is 2. The Morgan fingerprint density at radius 3 is 2.48 bits per heavy atom. The molecule has 0 spiro atoms. The van der Waals surface area contributed by atoms with Crippen LogP contribution >= 0.6 is 11.6 Å². The molecule has 0 bridgehead atoms. The van der Waals surface area contributed by atoms with Crippen molar-refractivity contribution in [3.63, 3.8) is 0 Å². The number of hydrazine groups is 1. The Kier molecular flexibility index (Phi) is 5.44. The van der Waals surface area contributed by atoms with Crippen molar-refractivity contribution >= 4 is 11.6 Å². The highest BCUT2D eigenvalue weighted by Crippen LogP contribution is 2.36. The van der Waals surface area contributed by atoms with Gasteiger partial charge in [0.1, 0.15) is 0 Å². The molecule has 2 rings (SSSR count). The molecule has 4 nitrogen and oxygen atoms in total. The lowest BCUT2D eigenvalue weighted by atomic mass is 9.98. The Balaban J connectivity index is 2.36. The second-order valence-corrected chi connectivity index (χ2v) is 5.00. The van der Waals surface area contributed by atoms with Crippen LogP contribution in [0.2, 0.25) is 5.02 Å². The minimum absolute atomic E-state index is 0.130. The topological polar surface area (TPSA) is 56.5 Å². The minimum atomic E-state index is -0.130. The highest BCUT2D eigenvalue weighted by Gasteiger charge is 2.19.